The predicted molar refractivity (Wildman–Crippen MR) is 51.9 cm³/mol. The van der Waals surface area contributed by atoms with Gasteiger partial charge in [-0.2, -0.15) is 13.2 Å². The quantitative estimate of drug-likeness (QED) is 0.569. The van der Waals surface area contributed by atoms with Crippen LogP contribution in [0.1, 0.15) is 18.4 Å². The Bertz CT molecular complexity index is 346. The Morgan fingerprint density at radius 3 is 2.50 bits per heavy atom. The van der Waals surface area contributed by atoms with Gasteiger partial charge in [0.15, 0.2) is 0 Å². The van der Waals surface area contributed by atoms with Crippen molar-refractivity contribution >= 4 is 0 Å². The van der Waals surface area contributed by atoms with Crippen molar-refractivity contribution in [2.75, 3.05) is 6.61 Å². The van der Waals surface area contributed by atoms with Crippen LogP contribution in [0, 0.1) is 12.7 Å². The van der Waals surface area contributed by atoms with Crippen molar-refractivity contribution in [3.8, 4) is 5.75 Å². The smallest absolute Gasteiger partial charge is 0.389 e. The predicted octanol–water partition coefficient (Wildman–Crippen LogP) is 3.86. The summed E-state index contributed by atoms with van der Waals surface area (Å²) in [5, 5.41) is 0. The fourth-order valence-corrected chi connectivity index (χ4v) is 1.13. The van der Waals surface area contributed by atoms with Crippen molar-refractivity contribution in [1.29, 1.82) is 0 Å². The van der Waals surface area contributed by atoms with Gasteiger partial charge in [-0.05, 0) is 25.0 Å². The summed E-state index contributed by atoms with van der Waals surface area (Å²) in [4.78, 5) is 0. The molecule has 0 N–H and O–H groups in total. The lowest BCUT2D eigenvalue weighted by Gasteiger charge is -2.08. The molecule has 16 heavy (non-hydrogen) atoms. The van der Waals surface area contributed by atoms with Gasteiger partial charge in [-0.25, -0.2) is 4.39 Å². The molecule has 0 fully saturated rings. The van der Waals surface area contributed by atoms with E-state index in [1.807, 2.05) is 0 Å². The number of rotatable bonds is 4. The number of ether oxygens (including phenoxy) is 1. The van der Waals surface area contributed by atoms with Gasteiger partial charge in [0.25, 0.3) is 0 Å². The van der Waals surface area contributed by atoms with E-state index in [9.17, 15) is 17.6 Å². The van der Waals surface area contributed by atoms with E-state index in [1.54, 1.807) is 6.92 Å². The summed E-state index contributed by atoms with van der Waals surface area (Å²) in [7, 11) is 0. The summed E-state index contributed by atoms with van der Waals surface area (Å²) < 4.78 is 53.4. The Hall–Kier alpha value is -1.26. The summed E-state index contributed by atoms with van der Waals surface area (Å²) in [5.41, 5.74) is 0.475. The van der Waals surface area contributed by atoms with E-state index >= 15 is 0 Å². The third-order valence-electron chi connectivity index (χ3n) is 2.02. The first kappa shape index (κ1) is 12.8. The average Bonchev–Trinajstić information content (AvgIpc) is 2.17. The minimum Gasteiger partial charge on any atom is -0.493 e. The van der Waals surface area contributed by atoms with E-state index in [2.05, 4.69) is 0 Å². The van der Waals surface area contributed by atoms with Crippen molar-refractivity contribution in [1.82, 2.24) is 0 Å². The molecule has 5 heteroatoms. The normalized spacial score (nSPS) is 11.6. The van der Waals surface area contributed by atoms with Crippen molar-refractivity contribution in [3.63, 3.8) is 0 Å². The highest BCUT2D eigenvalue weighted by atomic mass is 19.4. The van der Waals surface area contributed by atoms with Crippen LogP contribution in [0.25, 0.3) is 0 Å². The van der Waals surface area contributed by atoms with E-state index in [1.165, 1.54) is 18.2 Å². The Labute approximate surface area is 91.0 Å². The minimum absolute atomic E-state index is 0.0674. The van der Waals surface area contributed by atoms with E-state index < -0.39 is 18.4 Å². The summed E-state index contributed by atoms with van der Waals surface area (Å²) in [5.74, 6) is -0.168. The zero-order valence-electron chi connectivity index (χ0n) is 8.77. The molecule has 1 nitrogen and oxygen atoms in total. The van der Waals surface area contributed by atoms with Crippen molar-refractivity contribution < 1.29 is 22.3 Å². The highest BCUT2D eigenvalue weighted by Gasteiger charge is 2.26. The molecule has 0 unspecified atom stereocenters. The first-order valence-electron chi connectivity index (χ1n) is 4.84. The second kappa shape index (κ2) is 5.18. The maximum absolute atomic E-state index is 13.0. The molecule has 0 saturated heterocycles. The topological polar surface area (TPSA) is 9.23 Å². The average molecular weight is 236 g/mol. The monoisotopic (exact) mass is 236 g/mol. The largest absolute Gasteiger partial charge is 0.493 e. The van der Waals surface area contributed by atoms with Gasteiger partial charge < -0.3 is 4.74 Å². The second-order valence-electron chi connectivity index (χ2n) is 3.48. The molecule has 0 atom stereocenters. The van der Waals surface area contributed by atoms with Crippen molar-refractivity contribution in [2.45, 2.75) is 25.9 Å². The summed E-state index contributed by atoms with van der Waals surface area (Å²) in [6.07, 6.45) is -5.18. The fourth-order valence-electron chi connectivity index (χ4n) is 1.13. The van der Waals surface area contributed by atoms with Crippen LogP contribution in [0.4, 0.5) is 17.6 Å². The van der Waals surface area contributed by atoms with Crippen LogP contribution < -0.4 is 4.74 Å². The first-order valence-corrected chi connectivity index (χ1v) is 4.84. The van der Waals surface area contributed by atoms with Crippen LogP contribution in [0.15, 0.2) is 18.2 Å². The molecule has 0 spiro atoms. The summed E-state index contributed by atoms with van der Waals surface area (Å²) in [6.45, 7) is 1.53. The standard InChI is InChI=1S/C11H12F4O/c1-8-3-4-9(7-10(8)12)16-6-2-5-11(13,14)15/h3-4,7H,2,5-6H2,1H3. The third-order valence-corrected chi connectivity index (χ3v) is 2.02. The van der Waals surface area contributed by atoms with E-state index in [0.717, 1.165) is 0 Å². The SMILES string of the molecule is Cc1ccc(OCCCC(F)(F)F)cc1F. The van der Waals surface area contributed by atoms with Gasteiger partial charge in [0.2, 0.25) is 0 Å². The Morgan fingerprint density at radius 1 is 1.25 bits per heavy atom. The number of hydrogen-bond acceptors (Lipinski definition) is 1. The van der Waals surface area contributed by atoms with Gasteiger partial charge in [0.1, 0.15) is 11.6 Å². The zero-order valence-corrected chi connectivity index (χ0v) is 8.77. The molecule has 1 aromatic rings. The molecular formula is C11H12F4O. The molecule has 0 radical (unpaired) electrons. The Balaban J connectivity index is 2.35. The number of halogens is 4. The van der Waals surface area contributed by atoms with Crippen LogP contribution >= 0.6 is 0 Å². The molecule has 0 aliphatic rings. The van der Waals surface area contributed by atoms with E-state index in [-0.39, 0.29) is 18.8 Å². The molecule has 0 aliphatic carbocycles. The second-order valence-corrected chi connectivity index (χ2v) is 3.48. The maximum atomic E-state index is 13.0. The highest BCUT2D eigenvalue weighted by molar-refractivity contribution is 5.27. The van der Waals surface area contributed by atoms with Crippen LogP contribution in [0.2, 0.25) is 0 Å². The summed E-state index contributed by atoms with van der Waals surface area (Å²) >= 11 is 0. The minimum atomic E-state index is -4.16. The summed E-state index contributed by atoms with van der Waals surface area (Å²) in [6, 6.07) is 4.23. The van der Waals surface area contributed by atoms with Gasteiger partial charge in [0.05, 0.1) is 6.61 Å². The molecular weight excluding hydrogens is 224 g/mol. The molecule has 0 aliphatic heterocycles. The van der Waals surface area contributed by atoms with Gasteiger partial charge >= 0.3 is 6.18 Å². The van der Waals surface area contributed by atoms with E-state index in [0.29, 0.717) is 5.56 Å². The number of benzene rings is 1. The molecule has 90 valence electrons. The fraction of sp³-hybridized carbons (Fsp3) is 0.455. The number of aryl methyl sites for hydroxylation is 1. The highest BCUT2D eigenvalue weighted by Crippen LogP contribution is 2.22. The van der Waals surface area contributed by atoms with Crippen LogP contribution in [-0.4, -0.2) is 12.8 Å². The third kappa shape index (κ3) is 4.51. The number of alkyl halides is 3. The van der Waals surface area contributed by atoms with Crippen LogP contribution in [-0.2, 0) is 0 Å². The van der Waals surface area contributed by atoms with Gasteiger partial charge in [-0.15, -0.1) is 0 Å². The zero-order chi connectivity index (χ0) is 12.2. The lowest BCUT2D eigenvalue weighted by atomic mass is 10.2. The van der Waals surface area contributed by atoms with Crippen molar-refractivity contribution in [2.24, 2.45) is 0 Å². The Morgan fingerprint density at radius 2 is 1.94 bits per heavy atom. The molecule has 0 bridgehead atoms. The molecule has 0 heterocycles. The van der Waals surface area contributed by atoms with Gasteiger partial charge in [-0.3, -0.25) is 0 Å². The van der Waals surface area contributed by atoms with E-state index in [4.69, 9.17) is 4.74 Å². The molecule has 0 aromatic heterocycles. The molecule has 1 aromatic carbocycles. The van der Waals surface area contributed by atoms with Gasteiger partial charge in [-0.1, -0.05) is 6.07 Å². The van der Waals surface area contributed by atoms with Gasteiger partial charge in [0, 0.05) is 12.5 Å². The van der Waals surface area contributed by atoms with Crippen LogP contribution in [0.3, 0.4) is 0 Å². The Kier molecular flexibility index (Phi) is 4.15. The lowest BCUT2D eigenvalue weighted by Crippen LogP contribution is -2.09. The van der Waals surface area contributed by atoms with Crippen LogP contribution in [0.5, 0.6) is 5.75 Å². The molecule has 0 amide bonds. The lowest BCUT2D eigenvalue weighted by molar-refractivity contribution is -0.136. The molecule has 1 rings (SSSR count). The first-order chi connectivity index (χ1) is 7.38. The molecule has 0 saturated carbocycles. The maximum Gasteiger partial charge on any atom is 0.389 e. The number of hydrogen-bond donors (Lipinski definition) is 0. The van der Waals surface area contributed by atoms with Crippen molar-refractivity contribution in [3.05, 3.63) is 29.6 Å².